The molecule has 0 saturated heterocycles. The zero-order chi connectivity index (χ0) is 14.0. The second kappa shape index (κ2) is 5.45. The molecule has 100 valence electrons. The molecule has 2 aromatic rings. The van der Waals surface area contributed by atoms with Crippen LogP contribution in [0.25, 0.3) is 0 Å². The molecule has 0 radical (unpaired) electrons. The third-order valence-electron chi connectivity index (χ3n) is 2.90. The number of benzene rings is 1. The first-order chi connectivity index (χ1) is 9.06. The minimum Gasteiger partial charge on any atom is -0.497 e. The topological polar surface area (TPSA) is 35.5 Å². The van der Waals surface area contributed by atoms with Crippen LogP contribution in [0.1, 0.15) is 25.7 Å². The molecule has 1 aromatic heterocycles. The van der Waals surface area contributed by atoms with E-state index >= 15 is 0 Å². The summed E-state index contributed by atoms with van der Waals surface area (Å²) in [6, 6.07) is 7.27. The van der Waals surface area contributed by atoms with Crippen molar-refractivity contribution < 1.29 is 14.3 Å². The fourth-order valence-electron chi connectivity index (χ4n) is 1.98. The quantitative estimate of drug-likeness (QED) is 0.800. The summed E-state index contributed by atoms with van der Waals surface area (Å²) in [4.78, 5) is 14.5. The van der Waals surface area contributed by atoms with E-state index in [0.717, 1.165) is 15.3 Å². The molecular weight excluding hydrogens is 260 g/mol. The third kappa shape index (κ3) is 2.63. The summed E-state index contributed by atoms with van der Waals surface area (Å²) in [7, 11) is 3.14. The first-order valence-corrected chi connectivity index (χ1v) is 6.72. The number of thiophene rings is 1. The van der Waals surface area contributed by atoms with Crippen LogP contribution >= 0.6 is 11.3 Å². The van der Waals surface area contributed by atoms with Crippen molar-refractivity contribution in [2.45, 2.75) is 13.8 Å². The molecule has 2 rings (SSSR count). The van der Waals surface area contributed by atoms with Crippen LogP contribution in [0.2, 0.25) is 0 Å². The number of rotatable bonds is 4. The molecule has 0 amide bonds. The van der Waals surface area contributed by atoms with Crippen LogP contribution in [0.4, 0.5) is 0 Å². The Morgan fingerprint density at radius 3 is 2.37 bits per heavy atom. The number of ether oxygens (including phenoxy) is 2. The number of ketones is 1. The summed E-state index contributed by atoms with van der Waals surface area (Å²) < 4.78 is 10.4. The monoisotopic (exact) mass is 276 g/mol. The Balaban J connectivity index is 2.51. The van der Waals surface area contributed by atoms with Crippen molar-refractivity contribution in [1.29, 1.82) is 0 Å². The summed E-state index contributed by atoms with van der Waals surface area (Å²) in [5.41, 5.74) is 1.53. The SMILES string of the molecule is COc1ccc(OC)c(C(=O)c2sc(C)cc2C)c1. The van der Waals surface area contributed by atoms with Gasteiger partial charge >= 0.3 is 0 Å². The van der Waals surface area contributed by atoms with Gasteiger partial charge < -0.3 is 9.47 Å². The molecule has 0 N–H and O–H groups in total. The number of hydrogen-bond acceptors (Lipinski definition) is 4. The predicted molar refractivity (Wildman–Crippen MR) is 76.8 cm³/mol. The Kier molecular flexibility index (Phi) is 3.90. The van der Waals surface area contributed by atoms with Gasteiger partial charge in [0.25, 0.3) is 0 Å². The lowest BCUT2D eigenvalue weighted by molar-refractivity contribution is 0.103. The van der Waals surface area contributed by atoms with Crippen LogP contribution in [-0.4, -0.2) is 20.0 Å². The number of carbonyl (C=O) groups is 1. The van der Waals surface area contributed by atoms with Crippen molar-refractivity contribution in [3.63, 3.8) is 0 Å². The largest absolute Gasteiger partial charge is 0.497 e. The van der Waals surface area contributed by atoms with Gasteiger partial charge in [0.1, 0.15) is 11.5 Å². The third-order valence-corrected chi connectivity index (χ3v) is 4.05. The van der Waals surface area contributed by atoms with Gasteiger partial charge in [-0.1, -0.05) is 0 Å². The predicted octanol–water partition coefficient (Wildman–Crippen LogP) is 3.61. The average Bonchev–Trinajstić information content (AvgIpc) is 2.76. The highest BCUT2D eigenvalue weighted by molar-refractivity contribution is 7.14. The zero-order valence-corrected chi connectivity index (χ0v) is 12.3. The van der Waals surface area contributed by atoms with E-state index in [0.29, 0.717) is 17.1 Å². The fraction of sp³-hybridized carbons (Fsp3) is 0.267. The molecule has 0 bridgehead atoms. The van der Waals surface area contributed by atoms with Crippen molar-refractivity contribution in [1.82, 2.24) is 0 Å². The average molecular weight is 276 g/mol. The van der Waals surface area contributed by atoms with Gasteiger partial charge in [-0.15, -0.1) is 11.3 Å². The molecule has 19 heavy (non-hydrogen) atoms. The van der Waals surface area contributed by atoms with Gasteiger partial charge in [0, 0.05) is 4.88 Å². The van der Waals surface area contributed by atoms with Crippen molar-refractivity contribution in [3.8, 4) is 11.5 Å². The maximum Gasteiger partial charge on any atom is 0.207 e. The molecule has 0 unspecified atom stereocenters. The lowest BCUT2D eigenvalue weighted by atomic mass is 10.1. The smallest absolute Gasteiger partial charge is 0.207 e. The zero-order valence-electron chi connectivity index (χ0n) is 11.4. The van der Waals surface area contributed by atoms with E-state index in [1.165, 1.54) is 11.3 Å². The van der Waals surface area contributed by atoms with E-state index in [2.05, 4.69) is 0 Å². The van der Waals surface area contributed by atoms with E-state index in [1.807, 2.05) is 19.9 Å². The van der Waals surface area contributed by atoms with Crippen LogP contribution in [0.5, 0.6) is 11.5 Å². The maximum atomic E-state index is 12.6. The van der Waals surface area contributed by atoms with Crippen molar-refractivity contribution in [2.24, 2.45) is 0 Å². The normalized spacial score (nSPS) is 10.3. The molecule has 0 saturated carbocycles. The lowest BCUT2D eigenvalue weighted by Gasteiger charge is -2.09. The standard InChI is InChI=1S/C15H16O3S/c1-9-7-10(2)19-15(9)14(16)12-8-11(17-3)5-6-13(12)18-4/h5-8H,1-4H3. The first-order valence-electron chi connectivity index (χ1n) is 5.90. The molecule has 3 nitrogen and oxygen atoms in total. The highest BCUT2D eigenvalue weighted by Crippen LogP contribution is 2.30. The molecule has 0 aliphatic heterocycles. The van der Waals surface area contributed by atoms with E-state index in [4.69, 9.17) is 9.47 Å². The van der Waals surface area contributed by atoms with Gasteiger partial charge in [0.15, 0.2) is 0 Å². The van der Waals surface area contributed by atoms with Crippen molar-refractivity contribution in [2.75, 3.05) is 14.2 Å². The van der Waals surface area contributed by atoms with Crippen LogP contribution < -0.4 is 9.47 Å². The highest BCUT2D eigenvalue weighted by atomic mass is 32.1. The Bertz CT molecular complexity index is 614. The first kappa shape index (κ1) is 13.6. The Morgan fingerprint density at radius 1 is 1.11 bits per heavy atom. The van der Waals surface area contributed by atoms with Gasteiger partial charge in [-0.2, -0.15) is 0 Å². The van der Waals surface area contributed by atoms with E-state index in [-0.39, 0.29) is 5.78 Å². The fourth-order valence-corrected chi connectivity index (χ4v) is 2.96. The number of methoxy groups -OCH3 is 2. The molecule has 0 aliphatic carbocycles. The van der Waals surface area contributed by atoms with Crippen LogP contribution in [0.3, 0.4) is 0 Å². The van der Waals surface area contributed by atoms with E-state index in [1.54, 1.807) is 32.4 Å². The lowest BCUT2D eigenvalue weighted by Crippen LogP contribution is -2.04. The van der Waals surface area contributed by atoms with Gasteiger partial charge in [0.05, 0.1) is 24.7 Å². The summed E-state index contributed by atoms with van der Waals surface area (Å²) in [5, 5.41) is 0. The molecule has 0 spiro atoms. The second-order valence-corrected chi connectivity index (χ2v) is 5.52. The molecular formula is C15H16O3S. The second-order valence-electron chi connectivity index (χ2n) is 4.26. The number of aryl methyl sites for hydroxylation is 2. The molecule has 0 atom stereocenters. The van der Waals surface area contributed by atoms with Gasteiger partial charge in [0.2, 0.25) is 5.78 Å². The Hall–Kier alpha value is -1.81. The molecule has 4 heteroatoms. The minimum absolute atomic E-state index is 0.0219. The van der Waals surface area contributed by atoms with Gasteiger partial charge in [-0.3, -0.25) is 4.79 Å². The van der Waals surface area contributed by atoms with Crippen molar-refractivity contribution >= 4 is 17.1 Å². The number of carbonyl (C=O) groups excluding carboxylic acids is 1. The minimum atomic E-state index is -0.0219. The molecule has 1 heterocycles. The maximum absolute atomic E-state index is 12.6. The van der Waals surface area contributed by atoms with Crippen LogP contribution in [-0.2, 0) is 0 Å². The summed E-state index contributed by atoms with van der Waals surface area (Å²) >= 11 is 1.50. The van der Waals surface area contributed by atoms with Gasteiger partial charge in [-0.05, 0) is 43.7 Å². The highest BCUT2D eigenvalue weighted by Gasteiger charge is 2.19. The molecule has 0 aliphatic rings. The summed E-state index contributed by atoms with van der Waals surface area (Å²) in [5.74, 6) is 1.19. The Labute approximate surface area is 116 Å². The van der Waals surface area contributed by atoms with Crippen LogP contribution in [0.15, 0.2) is 24.3 Å². The summed E-state index contributed by atoms with van der Waals surface area (Å²) in [6.07, 6.45) is 0. The molecule has 0 fully saturated rings. The van der Waals surface area contributed by atoms with Crippen molar-refractivity contribution in [3.05, 3.63) is 45.1 Å². The molecule has 1 aromatic carbocycles. The van der Waals surface area contributed by atoms with E-state index < -0.39 is 0 Å². The van der Waals surface area contributed by atoms with Gasteiger partial charge in [-0.25, -0.2) is 0 Å². The Morgan fingerprint density at radius 2 is 1.84 bits per heavy atom. The van der Waals surface area contributed by atoms with E-state index in [9.17, 15) is 4.79 Å². The van der Waals surface area contributed by atoms with Crippen LogP contribution in [0, 0.1) is 13.8 Å². The summed E-state index contributed by atoms with van der Waals surface area (Å²) in [6.45, 7) is 3.95. The number of hydrogen-bond donors (Lipinski definition) is 0.